The van der Waals surface area contributed by atoms with Crippen LogP contribution in [0.15, 0.2) is 34.8 Å². The lowest BCUT2D eigenvalue weighted by molar-refractivity contribution is 0.652. The van der Waals surface area contributed by atoms with Crippen molar-refractivity contribution < 1.29 is 0 Å². The maximum absolute atomic E-state index is 5.70. The predicted octanol–water partition coefficient (Wildman–Crippen LogP) is 2.84. The van der Waals surface area contributed by atoms with Crippen LogP contribution in [-0.2, 0) is 13.0 Å². The molecule has 1 heterocycles. The van der Waals surface area contributed by atoms with E-state index in [-0.39, 0.29) is 0 Å². The number of benzene rings is 1. The normalized spacial score (nSPS) is 10.6. The molecular weight excluding hydrogens is 266 g/mol. The Labute approximate surface area is 103 Å². The van der Waals surface area contributed by atoms with E-state index >= 15 is 0 Å². The maximum atomic E-state index is 5.70. The van der Waals surface area contributed by atoms with Crippen LogP contribution in [0.1, 0.15) is 18.2 Å². The summed E-state index contributed by atoms with van der Waals surface area (Å²) in [5.74, 6) is 0.590. The number of nitrogens with two attached hydrogens (primary N) is 1. The van der Waals surface area contributed by atoms with E-state index in [1.165, 1.54) is 5.56 Å². The third kappa shape index (κ3) is 2.44. The number of nitrogens with zero attached hydrogens (tertiary/aromatic N) is 2. The van der Waals surface area contributed by atoms with Gasteiger partial charge in [-0.2, -0.15) is 5.10 Å². The molecule has 1 aromatic heterocycles. The molecule has 0 unspecified atom stereocenters. The summed E-state index contributed by atoms with van der Waals surface area (Å²) < 4.78 is 3.04. The van der Waals surface area contributed by atoms with E-state index in [0.29, 0.717) is 5.82 Å². The summed E-state index contributed by atoms with van der Waals surface area (Å²) in [7, 11) is 0. The molecule has 0 spiro atoms. The first-order valence-electron chi connectivity index (χ1n) is 5.25. The van der Waals surface area contributed by atoms with Gasteiger partial charge < -0.3 is 5.73 Å². The molecule has 0 fully saturated rings. The van der Waals surface area contributed by atoms with Crippen molar-refractivity contribution in [3.05, 3.63) is 46.1 Å². The second-order valence-corrected chi connectivity index (χ2v) is 4.62. The number of halogens is 1. The highest BCUT2D eigenvalue weighted by Crippen LogP contribution is 2.14. The summed E-state index contributed by atoms with van der Waals surface area (Å²) in [6, 6.07) is 10.1. The summed E-state index contributed by atoms with van der Waals surface area (Å²) >= 11 is 3.46. The van der Waals surface area contributed by atoms with Crippen LogP contribution in [0.25, 0.3) is 0 Å². The lowest BCUT2D eigenvalue weighted by Gasteiger charge is -2.06. The number of aromatic nitrogens is 2. The molecular formula is C12H14BrN3. The fourth-order valence-electron chi connectivity index (χ4n) is 1.71. The molecule has 2 N–H and O–H groups in total. The van der Waals surface area contributed by atoms with Gasteiger partial charge in [-0.1, -0.05) is 35.0 Å². The Balaban J connectivity index is 2.26. The van der Waals surface area contributed by atoms with Crippen molar-refractivity contribution in [2.75, 3.05) is 5.73 Å². The summed E-state index contributed by atoms with van der Waals surface area (Å²) in [5.41, 5.74) is 8.08. The molecule has 0 saturated carbocycles. The Hall–Kier alpha value is -1.29. The standard InChI is InChI=1S/C12H14BrN3/c1-2-11-7-12(14)15-16(11)8-9-4-3-5-10(13)6-9/h3-7H,2,8H2,1H3,(H2,14,15). The number of hydrogen-bond acceptors (Lipinski definition) is 2. The van der Waals surface area contributed by atoms with Crippen molar-refractivity contribution in [3.8, 4) is 0 Å². The van der Waals surface area contributed by atoms with E-state index in [4.69, 9.17) is 5.73 Å². The minimum atomic E-state index is 0.590. The minimum absolute atomic E-state index is 0.590. The number of nitrogen functional groups attached to an aromatic ring is 1. The van der Waals surface area contributed by atoms with Crippen LogP contribution in [0.5, 0.6) is 0 Å². The SMILES string of the molecule is CCc1cc(N)nn1Cc1cccc(Br)c1. The number of hydrogen-bond donors (Lipinski definition) is 1. The van der Waals surface area contributed by atoms with Gasteiger partial charge in [-0.05, 0) is 24.1 Å². The zero-order chi connectivity index (χ0) is 11.5. The second-order valence-electron chi connectivity index (χ2n) is 3.70. The smallest absolute Gasteiger partial charge is 0.145 e. The Kier molecular flexibility index (Phi) is 3.29. The second kappa shape index (κ2) is 4.70. The monoisotopic (exact) mass is 279 g/mol. The lowest BCUT2D eigenvalue weighted by Crippen LogP contribution is -2.05. The predicted molar refractivity (Wildman–Crippen MR) is 69.3 cm³/mol. The molecule has 2 rings (SSSR count). The molecule has 4 heteroatoms. The lowest BCUT2D eigenvalue weighted by atomic mass is 10.2. The molecule has 0 radical (unpaired) electrons. The number of rotatable bonds is 3. The average molecular weight is 280 g/mol. The topological polar surface area (TPSA) is 43.8 Å². The quantitative estimate of drug-likeness (QED) is 0.939. The molecule has 2 aromatic rings. The van der Waals surface area contributed by atoms with Gasteiger partial charge in [0, 0.05) is 16.2 Å². The van der Waals surface area contributed by atoms with Gasteiger partial charge >= 0.3 is 0 Å². The fraction of sp³-hybridized carbons (Fsp3) is 0.250. The zero-order valence-corrected chi connectivity index (χ0v) is 10.7. The number of anilines is 1. The van der Waals surface area contributed by atoms with Gasteiger partial charge in [0.1, 0.15) is 5.82 Å². The average Bonchev–Trinajstić information content (AvgIpc) is 2.59. The van der Waals surface area contributed by atoms with Crippen LogP contribution in [0.4, 0.5) is 5.82 Å². The van der Waals surface area contributed by atoms with Gasteiger partial charge in [-0.25, -0.2) is 0 Å². The Morgan fingerprint density at radius 3 is 2.88 bits per heavy atom. The van der Waals surface area contributed by atoms with Gasteiger partial charge in [-0.15, -0.1) is 0 Å². The highest BCUT2D eigenvalue weighted by molar-refractivity contribution is 9.10. The van der Waals surface area contributed by atoms with Crippen molar-refractivity contribution >= 4 is 21.7 Å². The third-order valence-corrected chi connectivity index (χ3v) is 2.96. The minimum Gasteiger partial charge on any atom is -0.382 e. The molecule has 0 saturated heterocycles. The van der Waals surface area contributed by atoms with Crippen LogP contribution in [0.3, 0.4) is 0 Å². The van der Waals surface area contributed by atoms with Crippen LogP contribution in [0, 0.1) is 0 Å². The summed E-state index contributed by atoms with van der Waals surface area (Å²) in [6.45, 7) is 2.87. The van der Waals surface area contributed by atoms with E-state index in [1.54, 1.807) is 0 Å². The van der Waals surface area contributed by atoms with Crippen LogP contribution in [-0.4, -0.2) is 9.78 Å². The highest BCUT2D eigenvalue weighted by Gasteiger charge is 2.04. The van der Waals surface area contributed by atoms with Crippen molar-refractivity contribution in [1.29, 1.82) is 0 Å². The largest absolute Gasteiger partial charge is 0.382 e. The van der Waals surface area contributed by atoms with Crippen molar-refractivity contribution in [3.63, 3.8) is 0 Å². The van der Waals surface area contributed by atoms with E-state index < -0.39 is 0 Å². The fourth-order valence-corrected chi connectivity index (χ4v) is 2.15. The summed E-state index contributed by atoms with van der Waals surface area (Å²) in [4.78, 5) is 0. The molecule has 1 aromatic carbocycles. The molecule has 0 bridgehead atoms. The van der Waals surface area contributed by atoms with E-state index in [0.717, 1.165) is 23.1 Å². The molecule has 0 aliphatic rings. The van der Waals surface area contributed by atoms with Crippen LogP contribution in [0.2, 0.25) is 0 Å². The maximum Gasteiger partial charge on any atom is 0.145 e. The van der Waals surface area contributed by atoms with Gasteiger partial charge in [-0.3, -0.25) is 4.68 Å². The third-order valence-electron chi connectivity index (χ3n) is 2.47. The molecule has 3 nitrogen and oxygen atoms in total. The van der Waals surface area contributed by atoms with Crippen molar-refractivity contribution in [1.82, 2.24) is 9.78 Å². The summed E-state index contributed by atoms with van der Waals surface area (Å²) in [5, 5.41) is 4.29. The van der Waals surface area contributed by atoms with Gasteiger partial charge in [0.2, 0.25) is 0 Å². The Morgan fingerprint density at radius 1 is 1.38 bits per heavy atom. The van der Waals surface area contributed by atoms with E-state index in [9.17, 15) is 0 Å². The van der Waals surface area contributed by atoms with E-state index in [1.807, 2.05) is 22.9 Å². The molecule has 0 amide bonds. The first-order chi connectivity index (χ1) is 7.69. The zero-order valence-electron chi connectivity index (χ0n) is 9.15. The molecule has 84 valence electrons. The summed E-state index contributed by atoms with van der Waals surface area (Å²) in [6.07, 6.45) is 0.943. The van der Waals surface area contributed by atoms with Gasteiger partial charge in [0.15, 0.2) is 0 Å². The Bertz CT molecular complexity index is 491. The first kappa shape index (κ1) is 11.2. The first-order valence-corrected chi connectivity index (χ1v) is 6.05. The molecule has 0 aliphatic heterocycles. The molecule has 0 aliphatic carbocycles. The van der Waals surface area contributed by atoms with E-state index in [2.05, 4.69) is 40.1 Å². The van der Waals surface area contributed by atoms with Gasteiger partial charge in [0.25, 0.3) is 0 Å². The van der Waals surface area contributed by atoms with Crippen molar-refractivity contribution in [2.45, 2.75) is 19.9 Å². The van der Waals surface area contributed by atoms with Crippen LogP contribution < -0.4 is 5.73 Å². The highest BCUT2D eigenvalue weighted by atomic mass is 79.9. The molecule has 0 atom stereocenters. The Morgan fingerprint density at radius 2 is 2.19 bits per heavy atom. The van der Waals surface area contributed by atoms with Crippen LogP contribution >= 0.6 is 15.9 Å². The molecule has 16 heavy (non-hydrogen) atoms. The van der Waals surface area contributed by atoms with Crippen molar-refractivity contribution in [2.24, 2.45) is 0 Å². The van der Waals surface area contributed by atoms with Gasteiger partial charge in [0.05, 0.1) is 6.54 Å². The number of aryl methyl sites for hydroxylation is 1.